The molecule has 1 aromatic carbocycles. The molecule has 2 saturated heterocycles. The molecule has 0 saturated carbocycles. The van der Waals surface area contributed by atoms with Crippen LogP contribution in [0.2, 0.25) is 0 Å². The number of carbonyl (C=O) groups excluding carboxylic acids is 2. The standard InChI is InChI=1S/C19H26N2O4.ClH/c1-2-24-17(22)16-12-19(8-10-20-11-9-19)14-21(16)18(23)25-13-15-6-4-3-5-7-15;/h3-7,16,20H,2,8-14H2,1H3;1H/t16-;/m0./s1. The predicted octanol–water partition coefficient (Wildman–Crippen LogP) is 2.75. The lowest BCUT2D eigenvalue weighted by Crippen LogP contribution is -2.42. The minimum absolute atomic E-state index is 0. The number of hydrogen-bond donors (Lipinski definition) is 1. The SMILES string of the molecule is CCOC(=O)[C@@H]1CC2(CCNCC2)CN1C(=O)OCc1ccccc1.Cl. The van der Waals surface area contributed by atoms with Gasteiger partial charge in [0, 0.05) is 6.54 Å². The van der Waals surface area contributed by atoms with E-state index in [1.165, 1.54) is 0 Å². The number of nitrogens with one attached hydrogen (secondary N) is 1. The molecule has 1 aromatic rings. The van der Waals surface area contributed by atoms with E-state index in [-0.39, 0.29) is 30.4 Å². The Morgan fingerprint density at radius 1 is 1.19 bits per heavy atom. The van der Waals surface area contributed by atoms with E-state index >= 15 is 0 Å². The summed E-state index contributed by atoms with van der Waals surface area (Å²) in [6.45, 7) is 4.71. The van der Waals surface area contributed by atoms with Crippen molar-refractivity contribution >= 4 is 24.5 Å². The van der Waals surface area contributed by atoms with Gasteiger partial charge in [-0.15, -0.1) is 12.4 Å². The van der Waals surface area contributed by atoms with E-state index in [4.69, 9.17) is 9.47 Å². The molecule has 1 spiro atoms. The Hall–Kier alpha value is -1.79. The Bertz CT molecular complexity index is 605. The van der Waals surface area contributed by atoms with Crippen LogP contribution in [0.25, 0.3) is 0 Å². The summed E-state index contributed by atoms with van der Waals surface area (Å²) in [6.07, 6.45) is 2.15. The fourth-order valence-electron chi connectivity index (χ4n) is 3.82. The molecule has 0 radical (unpaired) electrons. The van der Waals surface area contributed by atoms with Gasteiger partial charge in [-0.05, 0) is 50.3 Å². The number of ether oxygens (including phenoxy) is 2. The summed E-state index contributed by atoms with van der Waals surface area (Å²) in [5, 5.41) is 3.34. The Kier molecular flexibility index (Phi) is 7.29. The molecule has 2 heterocycles. The number of esters is 1. The maximum Gasteiger partial charge on any atom is 0.410 e. The second-order valence-electron chi connectivity index (χ2n) is 6.89. The first-order chi connectivity index (χ1) is 12.1. The fourth-order valence-corrected chi connectivity index (χ4v) is 3.82. The van der Waals surface area contributed by atoms with Gasteiger partial charge in [-0.2, -0.15) is 0 Å². The Morgan fingerprint density at radius 2 is 1.88 bits per heavy atom. The lowest BCUT2D eigenvalue weighted by Gasteiger charge is -2.33. The molecule has 1 N–H and O–H groups in total. The van der Waals surface area contributed by atoms with Crippen molar-refractivity contribution in [1.29, 1.82) is 0 Å². The number of piperidine rings is 1. The first-order valence-corrected chi connectivity index (χ1v) is 8.98. The molecule has 26 heavy (non-hydrogen) atoms. The minimum Gasteiger partial charge on any atom is -0.464 e. The molecule has 6 nitrogen and oxygen atoms in total. The third-order valence-electron chi connectivity index (χ3n) is 5.17. The summed E-state index contributed by atoms with van der Waals surface area (Å²) in [5.74, 6) is -0.324. The third-order valence-corrected chi connectivity index (χ3v) is 5.17. The van der Waals surface area contributed by atoms with Crippen molar-refractivity contribution in [3.63, 3.8) is 0 Å². The summed E-state index contributed by atoms with van der Waals surface area (Å²) in [5.41, 5.74) is 0.924. The van der Waals surface area contributed by atoms with Gasteiger partial charge in [0.2, 0.25) is 0 Å². The molecule has 0 bridgehead atoms. The number of benzene rings is 1. The van der Waals surface area contributed by atoms with Gasteiger partial charge < -0.3 is 14.8 Å². The average molecular weight is 383 g/mol. The van der Waals surface area contributed by atoms with Crippen LogP contribution in [-0.2, 0) is 20.9 Å². The van der Waals surface area contributed by atoms with Crippen LogP contribution in [0.3, 0.4) is 0 Å². The number of amides is 1. The van der Waals surface area contributed by atoms with Crippen LogP contribution in [0.15, 0.2) is 30.3 Å². The number of likely N-dealkylation sites (tertiary alicyclic amines) is 1. The quantitative estimate of drug-likeness (QED) is 0.811. The van der Waals surface area contributed by atoms with E-state index < -0.39 is 12.1 Å². The number of halogens is 1. The van der Waals surface area contributed by atoms with Gasteiger partial charge in [0.15, 0.2) is 0 Å². The van der Waals surface area contributed by atoms with Crippen molar-refractivity contribution in [3.8, 4) is 0 Å². The predicted molar refractivity (Wildman–Crippen MR) is 100 cm³/mol. The highest BCUT2D eigenvalue weighted by molar-refractivity contribution is 5.85. The molecular weight excluding hydrogens is 356 g/mol. The molecule has 2 fully saturated rings. The Labute approximate surface area is 160 Å². The molecule has 2 aliphatic rings. The first-order valence-electron chi connectivity index (χ1n) is 8.98. The molecule has 0 aromatic heterocycles. The summed E-state index contributed by atoms with van der Waals surface area (Å²) in [7, 11) is 0. The van der Waals surface area contributed by atoms with Crippen LogP contribution in [0.1, 0.15) is 31.7 Å². The number of hydrogen-bond acceptors (Lipinski definition) is 5. The first kappa shape index (κ1) is 20.5. The van der Waals surface area contributed by atoms with E-state index in [1.54, 1.807) is 11.8 Å². The van der Waals surface area contributed by atoms with Crippen LogP contribution in [0, 0.1) is 5.41 Å². The molecule has 2 aliphatic heterocycles. The Balaban J connectivity index is 0.00000243. The Morgan fingerprint density at radius 3 is 2.54 bits per heavy atom. The summed E-state index contributed by atoms with van der Waals surface area (Å²) < 4.78 is 10.7. The molecule has 7 heteroatoms. The average Bonchev–Trinajstić information content (AvgIpc) is 3.00. The maximum atomic E-state index is 12.6. The normalized spacial score (nSPS) is 21.1. The monoisotopic (exact) mass is 382 g/mol. The summed E-state index contributed by atoms with van der Waals surface area (Å²) in [6, 6.07) is 9.02. The van der Waals surface area contributed by atoms with E-state index in [0.717, 1.165) is 31.5 Å². The summed E-state index contributed by atoms with van der Waals surface area (Å²) in [4.78, 5) is 26.6. The van der Waals surface area contributed by atoms with Crippen molar-refractivity contribution in [2.75, 3.05) is 26.2 Å². The smallest absolute Gasteiger partial charge is 0.410 e. The van der Waals surface area contributed by atoms with Crippen LogP contribution < -0.4 is 5.32 Å². The lowest BCUT2D eigenvalue weighted by atomic mass is 9.77. The lowest BCUT2D eigenvalue weighted by molar-refractivity contribution is -0.148. The van der Waals surface area contributed by atoms with Crippen LogP contribution in [0.5, 0.6) is 0 Å². The van der Waals surface area contributed by atoms with E-state index in [2.05, 4.69) is 5.32 Å². The van der Waals surface area contributed by atoms with Gasteiger partial charge in [-0.3, -0.25) is 4.90 Å². The molecule has 3 rings (SSSR count). The maximum absolute atomic E-state index is 12.6. The number of nitrogens with zero attached hydrogens (tertiary/aromatic N) is 1. The highest BCUT2D eigenvalue weighted by Gasteiger charge is 2.50. The van der Waals surface area contributed by atoms with Gasteiger partial charge in [0.1, 0.15) is 12.6 Å². The van der Waals surface area contributed by atoms with Crippen molar-refractivity contribution in [3.05, 3.63) is 35.9 Å². The zero-order valence-corrected chi connectivity index (χ0v) is 15.9. The highest BCUT2D eigenvalue weighted by atomic mass is 35.5. The largest absolute Gasteiger partial charge is 0.464 e. The van der Waals surface area contributed by atoms with Gasteiger partial charge in [0.05, 0.1) is 6.61 Å². The van der Waals surface area contributed by atoms with Gasteiger partial charge in [-0.25, -0.2) is 9.59 Å². The molecule has 1 atom stereocenters. The highest BCUT2D eigenvalue weighted by Crippen LogP contribution is 2.42. The molecule has 0 unspecified atom stereocenters. The van der Waals surface area contributed by atoms with E-state index in [9.17, 15) is 9.59 Å². The summed E-state index contributed by atoms with van der Waals surface area (Å²) >= 11 is 0. The number of rotatable bonds is 4. The van der Waals surface area contributed by atoms with Gasteiger partial charge in [0.25, 0.3) is 0 Å². The van der Waals surface area contributed by atoms with Gasteiger partial charge >= 0.3 is 12.1 Å². The van der Waals surface area contributed by atoms with Crippen molar-refractivity contribution in [1.82, 2.24) is 10.2 Å². The fraction of sp³-hybridized carbons (Fsp3) is 0.579. The van der Waals surface area contributed by atoms with Crippen LogP contribution in [-0.4, -0.2) is 49.2 Å². The molecule has 1 amide bonds. The second-order valence-corrected chi connectivity index (χ2v) is 6.89. The molecule has 144 valence electrons. The van der Waals surface area contributed by atoms with Crippen molar-refractivity contribution < 1.29 is 19.1 Å². The van der Waals surface area contributed by atoms with E-state index in [1.807, 2.05) is 30.3 Å². The minimum atomic E-state index is -0.540. The van der Waals surface area contributed by atoms with Gasteiger partial charge in [-0.1, -0.05) is 30.3 Å². The second kappa shape index (κ2) is 9.24. The third kappa shape index (κ3) is 4.68. The topological polar surface area (TPSA) is 67.9 Å². The van der Waals surface area contributed by atoms with Crippen LogP contribution >= 0.6 is 12.4 Å². The van der Waals surface area contributed by atoms with Crippen molar-refractivity contribution in [2.45, 2.75) is 38.8 Å². The zero-order valence-electron chi connectivity index (χ0n) is 15.1. The van der Waals surface area contributed by atoms with Crippen LogP contribution in [0.4, 0.5) is 4.79 Å². The van der Waals surface area contributed by atoms with Crippen molar-refractivity contribution in [2.24, 2.45) is 5.41 Å². The molecule has 0 aliphatic carbocycles. The number of carbonyl (C=O) groups is 2. The molecular formula is C19H27ClN2O4. The zero-order chi connectivity index (χ0) is 17.7. The van der Waals surface area contributed by atoms with E-state index in [0.29, 0.717) is 19.6 Å².